The minimum Gasteiger partial charge on any atom is -0.502 e. The molecule has 0 saturated heterocycles. The van der Waals surface area contributed by atoms with E-state index in [2.05, 4.69) is 0 Å². The summed E-state index contributed by atoms with van der Waals surface area (Å²) in [6.45, 7) is 0. The number of phenolic OH excluding ortho intramolecular Hbond substituents is 1. The molecule has 0 aliphatic rings. The maximum atomic E-state index is 12.2. The van der Waals surface area contributed by atoms with Crippen LogP contribution in [0.15, 0.2) is 36.4 Å². The average Bonchev–Trinajstić information content (AvgIpc) is 2.55. The number of hydrogen-bond acceptors (Lipinski definition) is 4. The van der Waals surface area contributed by atoms with Gasteiger partial charge in [-0.3, -0.25) is 4.79 Å². The Morgan fingerprint density at radius 2 is 1.65 bits per heavy atom. The minimum atomic E-state index is -0.227. The van der Waals surface area contributed by atoms with Gasteiger partial charge in [0.15, 0.2) is 17.3 Å². The van der Waals surface area contributed by atoms with Crippen LogP contribution < -0.4 is 9.47 Å². The molecule has 0 amide bonds. The van der Waals surface area contributed by atoms with E-state index >= 15 is 0 Å². The van der Waals surface area contributed by atoms with Gasteiger partial charge in [-0.25, -0.2) is 0 Å². The van der Waals surface area contributed by atoms with Gasteiger partial charge < -0.3 is 14.6 Å². The summed E-state index contributed by atoms with van der Waals surface area (Å²) in [7, 11) is 2.87. The molecule has 0 heterocycles. The molecule has 0 bridgehead atoms. The summed E-state index contributed by atoms with van der Waals surface area (Å²) >= 11 is 11.7. The van der Waals surface area contributed by atoms with Crippen LogP contribution in [0.25, 0.3) is 6.08 Å². The Bertz CT molecular complexity index is 744. The smallest absolute Gasteiger partial charge is 0.200 e. The van der Waals surface area contributed by atoms with Gasteiger partial charge in [0, 0.05) is 5.56 Å². The zero-order valence-electron chi connectivity index (χ0n) is 12.5. The van der Waals surface area contributed by atoms with Crippen molar-refractivity contribution in [1.82, 2.24) is 0 Å². The first kappa shape index (κ1) is 17.2. The zero-order valence-corrected chi connectivity index (χ0v) is 14.0. The SMILES string of the molecule is COc1cc(/C=C/C(=O)c2ccc(Cl)c(Cl)c2)cc(OC)c1O. The van der Waals surface area contributed by atoms with Crippen molar-refractivity contribution in [3.8, 4) is 17.2 Å². The number of allylic oxidation sites excluding steroid dienone is 1. The van der Waals surface area contributed by atoms with Gasteiger partial charge in [-0.05, 0) is 42.0 Å². The van der Waals surface area contributed by atoms with Crippen LogP contribution in [0.1, 0.15) is 15.9 Å². The number of phenols is 1. The largest absolute Gasteiger partial charge is 0.502 e. The Morgan fingerprint density at radius 1 is 1.04 bits per heavy atom. The predicted molar refractivity (Wildman–Crippen MR) is 91.0 cm³/mol. The highest BCUT2D eigenvalue weighted by atomic mass is 35.5. The zero-order chi connectivity index (χ0) is 17.0. The number of aromatic hydroxyl groups is 1. The fourth-order valence-electron chi connectivity index (χ4n) is 1.93. The highest BCUT2D eigenvalue weighted by molar-refractivity contribution is 6.42. The number of benzene rings is 2. The molecule has 1 N–H and O–H groups in total. The highest BCUT2D eigenvalue weighted by Crippen LogP contribution is 2.37. The second-order valence-corrected chi connectivity index (χ2v) is 5.41. The minimum absolute atomic E-state index is 0.0945. The molecule has 0 atom stereocenters. The van der Waals surface area contributed by atoms with E-state index in [-0.39, 0.29) is 23.0 Å². The van der Waals surface area contributed by atoms with Gasteiger partial charge in [0.05, 0.1) is 24.3 Å². The van der Waals surface area contributed by atoms with Gasteiger partial charge in [-0.1, -0.05) is 29.3 Å². The molecule has 0 saturated carbocycles. The van der Waals surface area contributed by atoms with E-state index < -0.39 is 0 Å². The average molecular weight is 353 g/mol. The van der Waals surface area contributed by atoms with Gasteiger partial charge in [-0.2, -0.15) is 0 Å². The van der Waals surface area contributed by atoms with Crippen LogP contribution in [0.2, 0.25) is 10.0 Å². The number of halogens is 2. The Morgan fingerprint density at radius 3 is 2.17 bits per heavy atom. The lowest BCUT2D eigenvalue weighted by atomic mass is 10.1. The van der Waals surface area contributed by atoms with Crippen LogP contribution in [0, 0.1) is 0 Å². The molecule has 0 unspecified atom stereocenters. The number of carbonyl (C=O) groups is 1. The monoisotopic (exact) mass is 352 g/mol. The van der Waals surface area contributed by atoms with E-state index in [0.717, 1.165) is 0 Å². The van der Waals surface area contributed by atoms with Crippen molar-refractivity contribution < 1.29 is 19.4 Å². The molecule has 0 spiro atoms. The molecular weight excluding hydrogens is 339 g/mol. The van der Waals surface area contributed by atoms with E-state index in [9.17, 15) is 9.90 Å². The lowest BCUT2D eigenvalue weighted by Crippen LogP contribution is -1.94. The molecule has 120 valence electrons. The first-order chi connectivity index (χ1) is 11.0. The molecule has 0 aliphatic carbocycles. The maximum absolute atomic E-state index is 12.2. The Balaban J connectivity index is 2.28. The maximum Gasteiger partial charge on any atom is 0.200 e. The van der Waals surface area contributed by atoms with E-state index in [0.29, 0.717) is 21.2 Å². The summed E-state index contributed by atoms with van der Waals surface area (Å²) in [6.07, 6.45) is 2.99. The summed E-state index contributed by atoms with van der Waals surface area (Å²) in [5.74, 6) is 0.189. The van der Waals surface area contributed by atoms with Gasteiger partial charge in [0.2, 0.25) is 5.75 Å². The fraction of sp³-hybridized carbons (Fsp3) is 0.118. The van der Waals surface area contributed by atoms with Crippen LogP contribution in [-0.2, 0) is 0 Å². The Kier molecular flexibility index (Phi) is 5.53. The van der Waals surface area contributed by atoms with Crippen molar-refractivity contribution in [3.05, 3.63) is 57.6 Å². The van der Waals surface area contributed by atoms with Crippen molar-refractivity contribution in [2.45, 2.75) is 0 Å². The molecule has 0 fully saturated rings. The summed E-state index contributed by atoms with van der Waals surface area (Å²) in [6, 6.07) is 7.86. The number of rotatable bonds is 5. The van der Waals surface area contributed by atoms with Crippen LogP contribution in [0.3, 0.4) is 0 Å². The summed E-state index contributed by atoms with van der Waals surface area (Å²) < 4.78 is 10.1. The third kappa shape index (κ3) is 3.97. The summed E-state index contributed by atoms with van der Waals surface area (Å²) in [4.78, 5) is 12.2. The van der Waals surface area contributed by atoms with Gasteiger partial charge in [0.25, 0.3) is 0 Å². The summed E-state index contributed by atoms with van der Waals surface area (Å²) in [5, 5.41) is 10.6. The van der Waals surface area contributed by atoms with Crippen molar-refractivity contribution in [2.24, 2.45) is 0 Å². The molecule has 0 radical (unpaired) electrons. The lowest BCUT2D eigenvalue weighted by molar-refractivity contribution is 0.104. The van der Waals surface area contributed by atoms with E-state index in [1.165, 1.54) is 26.4 Å². The molecular formula is C17H14Cl2O4. The standard InChI is InChI=1S/C17H14Cl2O4/c1-22-15-7-10(8-16(23-2)17(15)21)3-6-14(20)11-4-5-12(18)13(19)9-11/h3-9,21H,1-2H3/b6-3+. The Hall–Kier alpha value is -2.17. The molecule has 2 rings (SSSR count). The number of ketones is 1. The number of methoxy groups -OCH3 is 2. The van der Waals surface area contributed by atoms with Gasteiger partial charge in [-0.15, -0.1) is 0 Å². The second kappa shape index (κ2) is 7.40. The number of ether oxygens (including phenoxy) is 2. The van der Waals surface area contributed by atoms with Crippen molar-refractivity contribution in [3.63, 3.8) is 0 Å². The first-order valence-corrected chi connectivity index (χ1v) is 7.34. The normalized spacial score (nSPS) is 10.8. The van der Waals surface area contributed by atoms with Crippen LogP contribution in [0.4, 0.5) is 0 Å². The molecule has 4 nitrogen and oxygen atoms in total. The van der Waals surface area contributed by atoms with E-state index in [1.54, 1.807) is 30.3 Å². The van der Waals surface area contributed by atoms with E-state index in [1.807, 2.05) is 0 Å². The van der Waals surface area contributed by atoms with Crippen LogP contribution >= 0.6 is 23.2 Å². The van der Waals surface area contributed by atoms with Crippen molar-refractivity contribution >= 4 is 35.1 Å². The van der Waals surface area contributed by atoms with Crippen molar-refractivity contribution in [2.75, 3.05) is 14.2 Å². The second-order valence-electron chi connectivity index (χ2n) is 4.60. The topological polar surface area (TPSA) is 55.8 Å². The molecule has 0 aromatic heterocycles. The highest BCUT2D eigenvalue weighted by Gasteiger charge is 2.10. The third-order valence-electron chi connectivity index (χ3n) is 3.13. The molecule has 2 aromatic rings. The predicted octanol–water partition coefficient (Wildman–Crippen LogP) is 4.61. The molecule has 0 aliphatic heterocycles. The summed E-state index contributed by atoms with van der Waals surface area (Å²) in [5.41, 5.74) is 1.07. The first-order valence-electron chi connectivity index (χ1n) is 6.58. The number of carbonyl (C=O) groups excluding carboxylic acids is 1. The molecule has 6 heteroatoms. The van der Waals surface area contributed by atoms with Crippen molar-refractivity contribution in [1.29, 1.82) is 0 Å². The van der Waals surface area contributed by atoms with Gasteiger partial charge >= 0.3 is 0 Å². The Labute approximate surface area is 143 Å². The lowest BCUT2D eigenvalue weighted by Gasteiger charge is -2.09. The molecule has 2 aromatic carbocycles. The van der Waals surface area contributed by atoms with Gasteiger partial charge in [0.1, 0.15) is 0 Å². The third-order valence-corrected chi connectivity index (χ3v) is 3.87. The fourth-order valence-corrected chi connectivity index (χ4v) is 2.23. The van der Waals surface area contributed by atoms with Crippen LogP contribution in [-0.4, -0.2) is 25.1 Å². The van der Waals surface area contributed by atoms with Crippen LogP contribution in [0.5, 0.6) is 17.2 Å². The van der Waals surface area contributed by atoms with E-state index in [4.69, 9.17) is 32.7 Å². The quantitative estimate of drug-likeness (QED) is 0.630. The molecule has 23 heavy (non-hydrogen) atoms. The number of hydrogen-bond donors (Lipinski definition) is 1.